The van der Waals surface area contributed by atoms with Crippen LogP contribution in [-0.4, -0.2) is 42.3 Å². The van der Waals surface area contributed by atoms with Gasteiger partial charge in [0, 0.05) is 32.2 Å². The fourth-order valence-electron chi connectivity index (χ4n) is 1.21. The van der Waals surface area contributed by atoms with Crippen LogP contribution in [0.3, 0.4) is 0 Å². The maximum atomic E-state index is 5.82. The van der Waals surface area contributed by atoms with E-state index < -0.39 is 0 Å². The van der Waals surface area contributed by atoms with E-state index in [1.165, 1.54) is 0 Å². The molecule has 0 spiro atoms. The zero-order valence-electron chi connectivity index (χ0n) is 7.38. The molecule has 0 aromatic rings. The first-order valence-corrected chi connectivity index (χ1v) is 4.21. The number of nitrogens with zero attached hydrogens (tertiary/aromatic N) is 2. The van der Waals surface area contributed by atoms with Gasteiger partial charge in [0.25, 0.3) is 0 Å². The van der Waals surface area contributed by atoms with Gasteiger partial charge in [-0.25, -0.2) is 5.01 Å². The van der Waals surface area contributed by atoms with Crippen molar-refractivity contribution >= 4 is 0 Å². The monoisotopic (exact) mass is 158 g/mol. The number of nitrogens with one attached hydrogen (secondary N) is 1. The molecule has 3 N–H and O–H groups in total. The maximum Gasteiger partial charge on any atom is 0.0343 e. The fraction of sp³-hybridized carbons (Fsp3) is 1.00. The molecule has 0 radical (unpaired) electrons. The molecular weight excluding hydrogens is 140 g/mol. The summed E-state index contributed by atoms with van der Waals surface area (Å²) in [6.07, 6.45) is 0. The highest BCUT2D eigenvalue weighted by atomic mass is 15.8. The molecule has 0 unspecified atom stereocenters. The summed E-state index contributed by atoms with van der Waals surface area (Å²) in [5.41, 5.74) is 0. The van der Waals surface area contributed by atoms with Gasteiger partial charge in [-0.05, 0) is 13.8 Å². The van der Waals surface area contributed by atoms with E-state index in [2.05, 4.69) is 24.2 Å². The second-order valence-electron chi connectivity index (χ2n) is 3.18. The molecule has 1 fully saturated rings. The number of piperazine rings is 1. The Morgan fingerprint density at radius 3 is 2.36 bits per heavy atom. The van der Waals surface area contributed by atoms with Crippen molar-refractivity contribution in [3.8, 4) is 0 Å². The lowest BCUT2D eigenvalue weighted by molar-refractivity contribution is -0.0600. The summed E-state index contributed by atoms with van der Waals surface area (Å²) in [5.74, 6) is 5.82. The van der Waals surface area contributed by atoms with Gasteiger partial charge in [0.15, 0.2) is 0 Å². The van der Waals surface area contributed by atoms with E-state index in [4.69, 9.17) is 5.84 Å². The summed E-state index contributed by atoms with van der Waals surface area (Å²) in [6.45, 7) is 8.33. The van der Waals surface area contributed by atoms with Crippen LogP contribution in [0, 0.1) is 0 Å². The quantitative estimate of drug-likeness (QED) is 0.416. The molecule has 0 aromatic carbocycles. The molecule has 4 nitrogen and oxygen atoms in total. The molecule has 0 atom stereocenters. The number of rotatable bonds is 2. The first kappa shape index (κ1) is 8.93. The standard InChI is InChI=1S/C7H18N4/c1-7(2)11(8)10-5-3-9-4-6-10/h7,9H,3-6,8H2,1-2H3. The van der Waals surface area contributed by atoms with E-state index in [-0.39, 0.29) is 0 Å². The molecule has 11 heavy (non-hydrogen) atoms. The topological polar surface area (TPSA) is 44.5 Å². The molecule has 66 valence electrons. The minimum Gasteiger partial charge on any atom is -0.314 e. The van der Waals surface area contributed by atoms with E-state index in [1.54, 1.807) is 0 Å². The molecule has 1 heterocycles. The highest BCUT2D eigenvalue weighted by molar-refractivity contribution is 4.65. The van der Waals surface area contributed by atoms with Crippen molar-refractivity contribution in [1.29, 1.82) is 0 Å². The van der Waals surface area contributed by atoms with Crippen molar-refractivity contribution < 1.29 is 0 Å². The van der Waals surface area contributed by atoms with Crippen LogP contribution in [0.2, 0.25) is 0 Å². The third-order valence-corrected chi connectivity index (χ3v) is 1.95. The van der Waals surface area contributed by atoms with Crippen molar-refractivity contribution in [2.45, 2.75) is 19.9 Å². The summed E-state index contributed by atoms with van der Waals surface area (Å²) in [6, 6.07) is 0.396. The summed E-state index contributed by atoms with van der Waals surface area (Å²) in [7, 11) is 0. The Morgan fingerprint density at radius 1 is 1.36 bits per heavy atom. The van der Waals surface area contributed by atoms with E-state index in [1.807, 2.05) is 5.12 Å². The van der Waals surface area contributed by atoms with Gasteiger partial charge in [-0.2, -0.15) is 5.12 Å². The van der Waals surface area contributed by atoms with Gasteiger partial charge in [0.2, 0.25) is 0 Å². The maximum absolute atomic E-state index is 5.82. The van der Waals surface area contributed by atoms with Crippen LogP contribution in [0.1, 0.15) is 13.8 Å². The number of nitrogens with two attached hydrogens (primary N) is 1. The Morgan fingerprint density at radius 2 is 1.91 bits per heavy atom. The number of hydrogen-bond donors (Lipinski definition) is 2. The second kappa shape index (κ2) is 4.01. The molecule has 1 saturated heterocycles. The Bertz CT molecular complexity index is 109. The lowest BCUT2D eigenvalue weighted by Crippen LogP contribution is -2.57. The van der Waals surface area contributed by atoms with Crippen LogP contribution in [0.15, 0.2) is 0 Å². The summed E-state index contributed by atoms with van der Waals surface area (Å²) >= 11 is 0. The third-order valence-electron chi connectivity index (χ3n) is 1.95. The molecule has 0 aliphatic carbocycles. The molecule has 0 aromatic heterocycles. The SMILES string of the molecule is CC(C)N(N)N1CCNCC1. The van der Waals surface area contributed by atoms with Crippen molar-refractivity contribution in [2.75, 3.05) is 26.2 Å². The Kier molecular flexibility index (Phi) is 3.26. The average molecular weight is 158 g/mol. The Hall–Kier alpha value is -0.160. The van der Waals surface area contributed by atoms with E-state index in [9.17, 15) is 0 Å². The first-order valence-electron chi connectivity index (χ1n) is 4.21. The van der Waals surface area contributed by atoms with Gasteiger partial charge in [-0.15, -0.1) is 0 Å². The van der Waals surface area contributed by atoms with Gasteiger partial charge < -0.3 is 5.32 Å². The van der Waals surface area contributed by atoms with Crippen LogP contribution >= 0.6 is 0 Å². The van der Waals surface area contributed by atoms with E-state index in [0.29, 0.717) is 6.04 Å². The van der Waals surface area contributed by atoms with Crippen molar-refractivity contribution in [2.24, 2.45) is 5.84 Å². The molecule has 1 aliphatic heterocycles. The van der Waals surface area contributed by atoms with Crippen molar-refractivity contribution in [3.05, 3.63) is 0 Å². The minimum absolute atomic E-state index is 0.396. The first-order chi connectivity index (χ1) is 5.22. The summed E-state index contributed by atoms with van der Waals surface area (Å²) < 4.78 is 0. The predicted octanol–water partition coefficient (Wildman–Crippen LogP) is -0.609. The average Bonchev–Trinajstić information content (AvgIpc) is 2.05. The second-order valence-corrected chi connectivity index (χ2v) is 3.18. The lowest BCUT2D eigenvalue weighted by atomic mass is 10.4. The zero-order valence-corrected chi connectivity index (χ0v) is 7.38. The van der Waals surface area contributed by atoms with Crippen molar-refractivity contribution in [3.63, 3.8) is 0 Å². The van der Waals surface area contributed by atoms with Crippen LogP contribution in [0.25, 0.3) is 0 Å². The third kappa shape index (κ3) is 2.41. The number of hydrogen-bond acceptors (Lipinski definition) is 4. The van der Waals surface area contributed by atoms with Crippen LogP contribution in [0.4, 0.5) is 0 Å². The van der Waals surface area contributed by atoms with Gasteiger partial charge >= 0.3 is 0 Å². The van der Waals surface area contributed by atoms with E-state index >= 15 is 0 Å². The zero-order chi connectivity index (χ0) is 8.27. The largest absolute Gasteiger partial charge is 0.314 e. The highest BCUT2D eigenvalue weighted by Crippen LogP contribution is 1.99. The molecule has 1 aliphatic rings. The van der Waals surface area contributed by atoms with Gasteiger partial charge in [-0.3, -0.25) is 5.84 Å². The van der Waals surface area contributed by atoms with Gasteiger partial charge in [0.05, 0.1) is 0 Å². The molecule has 0 saturated carbocycles. The van der Waals surface area contributed by atoms with Gasteiger partial charge in [-0.1, -0.05) is 0 Å². The molecule has 4 heteroatoms. The molecular formula is C7H18N4. The smallest absolute Gasteiger partial charge is 0.0343 e. The van der Waals surface area contributed by atoms with E-state index in [0.717, 1.165) is 26.2 Å². The van der Waals surface area contributed by atoms with Crippen LogP contribution in [0.5, 0.6) is 0 Å². The molecule has 0 amide bonds. The Balaban J connectivity index is 2.32. The highest BCUT2D eigenvalue weighted by Gasteiger charge is 2.16. The summed E-state index contributed by atoms with van der Waals surface area (Å²) in [4.78, 5) is 0. The van der Waals surface area contributed by atoms with Crippen molar-refractivity contribution in [1.82, 2.24) is 15.4 Å². The van der Waals surface area contributed by atoms with Gasteiger partial charge in [0.1, 0.15) is 0 Å². The van der Waals surface area contributed by atoms with Crippen LogP contribution < -0.4 is 11.2 Å². The summed E-state index contributed by atoms with van der Waals surface area (Å²) in [5, 5.41) is 7.29. The number of hydrazine groups is 2. The predicted molar refractivity (Wildman–Crippen MR) is 45.6 cm³/mol. The van der Waals surface area contributed by atoms with Crippen LogP contribution in [-0.2, 0) is 0 Å². The minimum atomic E-state index is 0.396. The fourth-order valence-corrected chi connectivity index (χ4v) is 1.21. The molecule has 1 rings (SSSR count). The Labute approximate surface area is 68.3 Å². The molecule has 0 bridgehead atoms. The normalized spacial score (nSPS) is 21.5. The lowest BCUT2D eigenvalue weighted by Gasteiger charge is -2.36.